The van der Waals surface area contributed by atoms with Crippen molar-refractivity contribution in [2.24, 2.45) is 11.7 Å². The van der Waals surface area contributed by atoms with E-state index in [4.69, 9.17) is 5.73 Å². The summed E-state index contributed by atoms with van der Waals surface area (Å²) >= 11 is 0. The summed E-state index contributed by atoms with van der Waals surface area (Å²) in [6.45, 7) is 4.93. The first-order chi connectivity index (χ1) is 9.63. The molecule has 1 fully saturated rings. The van der Waals surface area contributed by atoms with Crippen LogP contribution in [0.25, 0.3) is 0 Å². The number of rotatable bonds is 5. The zero-order chi connectivity index (χ0) is 14.5. The van der Waals surface area contributed by atoms with Crippen LogP contribution in [0.15, 0.2) is 24.3 Å². The highest BCUT2D eigenvalue weighted by Crippen LogP contribution is 2.33. The summed E-state index contributed by atoms with van der Waals surface area (Å²) in [5, 5.41) is 10.7. The minimum Gasteiger partial charge on any atom is -0.392 e. The van der Waals surface area contributed by atoms with Crippen LogP contribution < -0.4 is 5.73 Å². The van der Waals surface area contributed by atoms with Crippen molar-refractivity contribution in [3.8, 4) is 0 Å². The van der Waals surface area contributed by atoms with Crippen LogP contribution in [0.1, 0.15) is 68.9 Å². The normalized spacial score (nSPS) is 20.1. The van der Waals surface area contributed by atoms with E-state index in [1.807, 2.05) is 0 Å². The third-order valence-corrected chi connectivity index (χ3v) is 4.83. The molecule has 2 nitrogen and oxygen atoms in total. The van der Waals surface area contributed by atoms with Crippen LogP contribution >= 0.6 is 0 Å². The van der Waals surface area contributed by atoms with Crippen molar-refractivity contribution >= 4 is 0 Å². The van der Waals surface area contributed by atoms with Gasteiger partial charge in [-0.25, -0.2) is 0 Å². The van der Waals surface area contributed by atoms with Crippen molar-refractivity contribution in [2.75, 3.05) is 6.54 Å². The third kappa shape index (κ3) is 3.62. The Morgan fingerprint density at radius 1 is 1.05 bits per heavy atom. The van der Waals surface area contributed by atoms with Gasteiger partial charge in [0.1, 0.15) is 0 Å². The van der Waals surface area contributed by atoms with E-state index in [0.29, 0.717) is 18.4 Å². The van der Waals surface area contributed by atoms with Gasteiger partial charge in [0.25, 0.3) is 0 Å². The molecule has 0 heterocycles. The van der Waals surface area contributed by atoms with E-state index in [2.05, 4.69) is 38.1 Å². The van der Waals surface area contributed by atoms with Gasteiger partial charge in [-0.15, -0.1) is 0 Å². The Kier molecular flexibility index (Phi) is 5.62. The molecule has 2 atom stereocenters. The van der Waals surface area contributed by atoms with Gasteiger partial charge in [-0.2, -0.15) is 0 Å². The van der Waals surface area contributed by atoms with Crippen LogP contribution in [0.4, 0.5) is 0 Å². The summed E-state index contributed by atoms with van der Waals surface area (Å²) in [6, 6.07) is 8.66. The number of hydrogen-bond donors (Lipinski definition) is 2. The zero-order valence-corrected chi connectivity index (χ0v) is 12.9. The predicted molar refractivity (Wildman–Crippen MR) is 84.9 cm³/mol. The standard InChI is InChI=1S/C18H29NO/c1-13(2)14-8-10-15(11-9-14)17(12-19)18(20)16-6-4-3-5-7-16/h8-11,13,16-18,20H,3-7,12,19H2,1-2H3. The highest BCUT2D eigenvalue weighted by Gasteiger charge is 2.29. The van der Waals surface area contributed by atoms with Crippen LogP contribution in [-0.2, 0) is 0 Å². The maximum absolute atomic E-state index is 10.7. The van der Waals surface area contributed by atoms with Gasteiger partial charge in [-0.3, -0.25) is 0 Å². The van der Waals surface area contributed by atoms with E-state index in [0.717, 1.165) is 12.8 Å². The molecule has 1 aromatic rings. The zero-order valence-electron chi connectivity index (χ0n) is 12.9. The molecule has 3 N–H and O–H groups in total. The lowest BCUT2D eigenvalue weighted by molar-refractivity contribution is 0.0624. The van der Waals surface area contributed by atoms with Crippen molar-refractivity contribution in [3.63, 3.8) is 0 Å². The quantitative estimate of drug-likeness (QED) is 0.858. The lowest BCUT2D eigenvalue weighted by Crippen LogP contribution is -2.33. The van der Waals surface area contributed by atoms with Crippen LogP contribution in [-0.4, -0.2) is 17.8 Å². The summed E-state index contributed by atoms with van der Waals surface area (Å²) in [5.41, 5.74) is 8.48. The lowest BCUT2D eigenvalue weighted by atomic mass is 9.78. The molecular weight excluding hydrogens is 246 g/mol. The summed E-state index contributed by atoms with van der Waals surface area (Å²) in [6.07, 6.45) is 5.85. The molecule has 1 aromatic carbocycles. The van der Waals surface area contributed by atoms with Crippen molar-refractivity contribution in [3.05, 3.63) is 35.4 Å². The molecule has 0 aliphatic heterocycles. The number of aliphatic hydroxyl groups is 1. The third-order valence-electron chi connectivity index (χ3n) is 4.83. The molecule has 2 heteroatoms. The predicted octanol–water partition coefficient (Wildman–Crippen LogP) is 3.79. The fourth-order valence-corrected chi connectivity index (χ4v) is 3.41. The first kappa shape index (κ1) is 15.5. The minimum absolute atomic E-state index is 0.0827. The molecule has 1 saturated carbocycles. The Bertz CT molecular complexity index is 392. The molecule has 0 aromatic heterocycles. The second kappa shape index (κ2) is 7.24. The average Bonchev–Trinajstić information content (AvgIpc) is 2.49. The fourth-order valence-electron chi connectivity index (χ4n) is 3.41. The van der Waals surface area contributed by atoms with E-state index in [1.54, 1.807) is 0 Å². The van der Waals surface area contributed by atoms with Gasteiger partial charge in [-0.05, 0) is 35.8 Å². The second-order valence-electron chi connectivity index (χ2n) is 6.55. The summed E-state index contributed by atoms with van der Waals surface area (Å²) in [5.74, 6) is 1.06. The molecule has 0 bridgehead atoms. The van der Waals surface area contributed by atoms with Crippen LogP contribution in [0.2, 0.25) is 0 Å². The minimum atomic E-state index is -0.287. The summed E-state index contributed by atoms with van der Waals surface area (Å²) < 4.78 is 0. The highest BCUT2D eigenvalue weighted by atomic mass is 16.3. The van der Waals surface area contributed by atoms with E-state index < -0.39 is 0 Å². The fraction of sp³-hybridized carbons (Fsp3) is 0.667. The van der Waals surface area contributed by atoms with E-state index in [9.17, 15) is 5.11 Å². The number of benzene rings is 1. The Morgan fingerprint density at radius 3 is 2.10 bits per heavy atom. The van der Waals surface area contributed by atoms with Crippen molar-refractivity contribution in [1.29, 1.82) is 0 Å². The Labute approximate surface area is 123 Å². The monoisotopic (exact) mass is 275 g/mol. The maximum atomic E-state index is 10.7. The molecule has 20 heavy (non-hydrogen) atoms. The van der Waals surface area contributed by atoms with Gasteiger partial charge in [0, 0.05) is 12.5 Å². The van der Waals surface area contributed by atoms with Gasteiger partial charge in [0.05, 0.1) is 6.10 Å². The molecule has 1 aliphatic carbocycles. The van der Waals surface area contributed by atoms with Gasteiger partial charge in [-0.1, -0.05) is 57.4 Å². The molecule has 2 rings (SSSR count). The summed E-state index contributed by atoms with van der Waals surface area (Å²) in [4.78, 5) is 0. The Balaban J connectivity index is 2.09. The van der Waals surface area contributed by atoms with E-state index in [-0.39, 0.29) is 12.0 Å². The molecule has 0 saturated heterocycles. The van der Waals surface area contributed by atoms with Gasteiger partial charge in [0.15, 0.2) is 0 Å². The van der Waals surface area contributed by atoms with E-state index >= 15 is 0 Å². The van der Waals surface area contributed by atoms with Crippen molar-refractivity contribution < 1.29 is 5.11 Å². The molecule has 1 aliphatic rings. The molecule has 0 radical (unpaired) electrons. The largest absolute Gasteiger partial charge is 0.392 e. The molecular formula is C18H29NO. The topological polar surface area (TPSA) is 46.2 Å². The van der Waals surface area contributed by atoms with Crippen LogP contribution in [0, 0.1) is 5.92 Å². The second-order valence-corrected chi connectivity index (χ2v) is 6.55. The first-order valence-electron chi connectivity index (χ1n) is 8.11. The summed E-state index contributed by atoms with van der Waals surface area (Å²) in [7, 11) is 0. The number of aliphatic hydroxyl groups excluding tert-OH is 1. The van der Waals surface area contributed by atoms with Gasteiger partial charge < -0.3 is 10.8 Å². The Morgan fingerprint density at radius 2 is 1.60 bits per heavy atom. The van der Waals surface area contributed by atoms with Crippen molar-refractivity contribution in [1.82, 2.24) is 0 Å². The maximum Gasteiger partial charge on any atom is 0.0648 e. The molecule has 0 amide bonds. The number of nitrogens with two attached hydrogens (primary N) is 1. The lowest BCUT2D eigenvalue weighted by Gasteiger charge is -2.32. The van der Waals surface area contributed by atoms with Crippen molar-refractivity contribution in [2.45, 2.75) is 63.9 Å². The number of hydrogen-bond acceptors (Lipinski definition) is 2. The van der Waals surface area contributed by atoms with Crippen LogP contribution in [0.3, 0.4) is 0 Å². The van der Waals surface area contributed by atoms with Crippen LogP contribution in [0.5, 0.6) is 0 Å². The first-order valence-corrected chi connectivity index (χ1v) is 8.11. The molecule has 0 spiro atoms. The van der Waals surface area contributed by atoms with Gasteiger partial charge in [0.2, 0.25) is 0 Å². The SMILES string of the molecule is CC(C)c1ccc(C(CN)C(O)C2CCCCC2)cc1. The molecule has 2 unspecified atom stereocenters. The van der Waals surface area contributed by atoms with Gasteiger partial charge >= 0.3 is 0 Å². The highest BCUT2D eigenvalue weighted by molar-refractivity contribution is 5.28. The van der Waals surface area contributed by atoms with E-state index in [1.165, 1.54) is 30.4 Å². The molecule has 112 valence electrons. The Hall–Kier alpha value is -0.860. The average molecular weight is 275 g/mol. The smallest absolute Gasteiger partial charge is 0.0648 e.